The Morgan fingerprint density at radius 3 is 2.74 bits per heavy atom. The van der Waals surface area contributed by atoms with Gasteiger partial charge in [-0.2, -0.15) is 0 Å². The lowest BCUT2D eigenvalue weighted by Crippen LogP contribution is -2.16. The number of nitrogens with zero attached hydrogens (tertiary/aromatic N) is 2. The zero-order valence-electron chi connectivity index (χ0n) is 11.1. The first-order chi connectivity index (χ1) is 9.32. The summed E-state index contributed by atoms with van der Waals surface area (Å²) < 4.78 is 2.45. The topological polar surface area (TPSA) is 17.8 Å². The van der Waals surface area contributed by atoms with E-state index in [4.69, 9.17) is 16.6 Å². The van der Waals surface area contributed by atoms with Gasteiger partial charge in [-0.3, -0.25) is 0 Å². The largest absolute Gasteiger partial charge is 0.327 e. The number of aromatic nitrogens is 2. The Morgan fingerprint density at radius 1 is 1.26 bits per heavy atom. The number of benzene rings is 1. The third kappa shape index (κ3) is 1.97. The average molecular weight is 275 g/mol. The minimum Gasteiger partial charge on any atom is -0.327 e. The number of para-hydroxylation sites is 2. The Kier molecular flexibility index (Phi) is 2.63. The van der Waals surface area contributed by atoms with Crippen molar-refractivity contribution in [2.45, 2.75) is 38.6 Å². The summed E-state index contributed by atoms with van der Waals surface area (Å²) in [4.78, 5) is 4.77. The Balaban J connectivity index is 1.75. The van der Waals surface area contributed by atoms with Crippen molar-refractivity contribution in [3.05, 3.63) is 30.1 Å². The van der Waals surface area contributed by atoms with Crippen LogP contribution in [0.1, 0.15) is 31.5 Å². The molecule has 4 rings (SSSR count). The molecule has 0 unspecified atom stereocenters. The van der Waals surface area contributed by atoms with Crippen molar-refractivity contribution in [1.82, 2.24) is 9.55 Å². The summed E-state index contributed by atoms with van der Waals surface area (Å²) >= 11 is 5.94. The maximum Gasteiger partial charge on any atom is 0.111 e. The summed E-state index contributed by atoms with van der Waals surface area (Å²) in [5, 5.41) is 0. The molecule has 2 aliphatic carbocycles. The third-order valence-electron chi connectivity index (χ3n) is 4.86. The van der Waals surface area contributed by atoms with Crippen molar-refractivity contribution in [3.63, 3.8) is 0 Å². The summed E-state index contributed by atoms with van der Waals surface area (Å²) in [5.74, 6) is 2.81. The lowest BCUT2D eigenvalue weighted by molar-refractivity contribution is 0.369. The van der Waals surface area contributed by atoms with Gasteiger partial charge in [0.05, 0.1) is 11.0 Å². The predicted molar refractivity (Wildman–Crippen MR) is 78.5 cm³/mol. The molecule has 1 heterocycles. The Hall–Kier alpha value is -1.02. The van der Waals surface area contributed by atoms with Crippen molar-refractivity contribution in [2.24, 2.45) is 11.3 Å². The van der Waals surface area contributed by atoms with Crippen LogP contribution in [0, 0.1) is 11.3 Å². The molecular formula is C16H19ClN2. The molecule has 3 heteroatoms. The molecule has 2 fully saturated rings. The zero-order chi connectivity index (χ0) is 12.9. The van der Waals surface area contributed by atoms with Gasteiger partial charge >= 0.3 is 0 Å². The molecular weight excluding hydrogens is 256 g/mol. The number of fused-ring (bicyclic) bond motifs is 1. The van der Waals surface area contributed by atoms with Gasteiger partial charge < -0.3 is 4.57 Å². The number of hydrogen-bond donors (Lipinski definition) is 0. The highest BCUT2D eigenvalue weighted by molar-refractivity contribution is 6.17. The molecule has 0 aliphatic heterocycles. The lowest BCUT2D eigenvalue weighted by Gasteiger charge is -2.17. The summed E-state index contributed by atoms with van der Waals surface area (Å²) in [6.45, 7) is 1.16. The van der Waals surface area contributed by atoms with E-state index in [1.54, 1.807) is 0 Å². The van der Waals surface area contributed by atoms with Crippen molar-refractivity contribution < 1.29 is 0 Å². The molecule has 0 radical (unpaired) electrons. The van der Waals surface area contributed by atoms with Crippen LogP contribution in [-0.4, -0.2) is 15.4 Å². The van der Waals surface area contributed by atoms with E-state index in [1.165, 1.54) is 37.0 Å². The van der Waals surface area contributed by atoms with E-state index in [0.29, 0.717) is 11.3 Å². The number of imidazole rings is 1. The van der Waals surface area contributed by atoms with Crippen molar-refractivity contribution in [1.29, 1.82) is 0 Å². The van der Waals surface area contributed by atoms with E-state index < -0.39 is 0 Å². The van der Waals surface area contributed by atoms with Crippen LogP contribution in [0.25, 0.3) is 11.0 Å². The monoisotopic (exact) mass is 274 g/mol. The predicted octanol–water partition coefficient (Wildman–Crippen LogP) is 4.01. The van der Waals surface area contributed by atoms with Crippen LogP contribution >= 0.6 is 11.6 Å². The third-order valence-corrected chi connectivity index (χ3v) is 5.05. The summed E-state index contributed by atoms with van der Waals surface area (Å²) in [6, 6.07) is 8.49. The van der Waals surface area contributed by atoms with Gasteiger partial charge in [0.2, 0.25) is 0 Å². The minimum atomic E-state index is 0.602. The maximum absolute atomic E-state index is 5.94. The summed E-state index contributed by atoms with van der Waals surface area (Å²) in [6.07, 6.45) is 6.57. The van der Waals surface area contributed by atoms with E-state index in [0.717, 1.165) is 24.4 Å². The van der Waals surface area contributed by atoms with Gasteiger partial charge in [0.15, 0.2) is 0 Å². The zero-order valence-corrected chi connectivity index (χ0v) is 11.9. The van der Waals surface area contributed by atoms with Gasteiger partial charge in [-0.1, -0.05) is 12.1 Å². The van der Waals surface area contributed by atoms with Crippen LogP contribution in [0.4, 0.5) is 0 Å². The fourth-order valence-electron chi connectivity index (χ4n) is 3.44. The van der Waals surface area contributed by atoms with Crippen LogP contribution in [0.5, 0.6) is 0 Å². The van der Waals surface area contributed by atoms with Gasteiger partial charge in [0.1, 0.15) is 5.82 Å². The van der Waals surface area contributed by atoms with Gasteiger partial charge in [-0.05, 0) is 49.1 Å². The molecule has 0 amide bonds. The Bertz CT molecular complexity index is 608. The summed E-state index contributed by atoms with van der Waals surface area (Å²) in [5.41, 5.74) is 3.01. The Labute approximate surface area is 118 Å². The van der Waals surface area contributed by atoms with Crippen molar-refractivity contribution >= 4 is 22.6 Å². The molecule has 0 spiro atoms. The van der Waals surface area contributed by atoms with Crippen molar-refractivity contribution in [2.75, 3.05) is 5.88 Å². The number of halogens is 1. The highest BCUT2D eigenvalue weighted by atomic mass is 35.5. The first-order valence-corrected chi connectivity index (χ1v) is 7.86. The van der Waals surface area contributed by atoms with Crippen molar-refractivity contribution in [3.8, 4) is 0 Å². The molecule has 2 aromatic rings. The average Bonchev–Trinajstić information content (AvgIpc) is 3.30. The molecule has 2 aliphatic rings. The molecule has 0 saturated heterocycles. The molecule has 100 valence electrons. The standard InChI is InChI=1S/C16H19ClN2/c17-10-7-15-18-13-3-1-2-4-14(13)19(15)11-16(8-9-16)12-5-6-12/h1-4,12H,5-11H2. The van der Waals surface area contributed by atoms with E-state index in [1.807, 2.05) is 0 Å². The van der Waals surface area contributed by atoms with E-state index >= 15 is 0 Å². The Morgan fingerprint density at radius 2 is 2.05 bits per heavy atom. The molecule has 2 nitrogen and oxygen atoms in total. The number of hydrogen-bond acceptors (Lipinski definition) is 1. The maximum atomic E-state index is 5.94. The van der Waals surface area contributed by atoms with E-state index in [2.05, 4.69) is 28.8 Å². The summed E-state index contributed by atoms with van der Waals surface area (Å²) in [7, 11) is 0. The molecule has 19 heavy (non-hydrogen) atoms. The SMILES string of the molecule is ClCCc1nc2ccccc2n1CC1(C2CC2)CC1. The minimum absolute atomic E-state index is 0.602. The first-order valence-electron chi connectivity index (χ1n) is 7.32. The number of aryl methyl sites for hydroxylation is 1. The van der Waals surface area contributed by atoms with E-state index in [9.17, 15) is 0 Å². The van der Waals surface area contributed by atoms with Crippen LogP contribution in [-0.2, 0) is 13.0 Å². The van der Waals surface area contributed by atoms with Crippen LogP contribution in [0.15, 0.2) is 24.3 Å². The van der Waals surface area contributed by atoms with Crippen LogP contribution < -0.4 is 0 Å². The normalized spacial score (nSPS) is 20.9. The van der Waals surface area contributed by atoms with E-state index in [-0.39, 0.29) is 0 Å². The molecule has 2 saturated carbocycles. The second kappa shape index (κ2) is 4.24. The van der Waals surface area contributed by atoms with Gasteiger partial charge in [-0.15, -0.1) is 11.6 Å². The molecule has 1 aromatic carbocycles. The molecule has 0 bridgehead atoms. The van der Waals surface area contributed by atoms with Crippen LogP contribution in [0.2, 0.25) is 0 Å². The number of alkyl halides is 1. The second-order valence-electron chi connectivity index (χ2n) is 6.18. The quantitative estimate of drug-likeness (QED) is 0.754. The molecule has 1 aromatic heterocycles. The first kappa shape index (κ1) is 11.8. The fraction of sp³-hybridized carbons (Fsp3) is 0.562. The van der Waals surface area contributed by atoms with Gasteiger partial charge in [0.25, 0.3) is 0 Å². The molecule has 0 atom stereocenters. The fourth-order valence-corrected chi connectivity index (χ4v) is 3.61. The smallest absolute Gasteiger partial charge is 0.111 e. The van der Waals surface area contributed by atoms with Gasteiger partial charge in [0, 0.05) is 18.8 Å². The van der Waals surface area contributed by atoms with Crippen LogP contribution in [0.3, 0.4) is 0 Å². The highest BCUT2D eigenvalue weighted by Gasteiger charge is 2.54. The highest BCUT2D eigenvalue weighted by Crippen LogP contribution is 2.62. The second-order valence-corrected chi connectivity index (χ2v) is 6.56. The number of rotatable bonds is 5. The lowest BCUT2D eigenvalue weighted by atomic mass is 10.0. The van der Waals surface area contributed by atoms with Gasteiger partial charge in [-0.25, -0.2) is 4.98 Å². The molecule has 0 N–H and O–H groups in total.